The van der Waals surface area contributed by atoms with E-state index in [0.29, 0.717) is 5.92 Å². The third-order valence-corrected chi connectivity index (χ3v) is 4.01. The van der Waals surface area contributed by atoms with Crippen LogP contribution in [-0.4, -0.2) is 43.3 Å². The van der Waals surface area contributed by atoms with Crippen molar-refractivity contribution < 1.29 is 19.4 Å². The molecule has 1 aromatic carbocycles. The highest BCUT2D eigenvalue weighted by Gasteiger charge is 2.24. The quantitative estimate of drug-likeness (QED) is 0.836. The standard InChI is InChI=1S/C16H23NO4/c1-20-14-5-3-4-13(16(14)21-2)11-17-9-8-12(10-17)6-7-15(18)19/h3-5,12H,6-11H2,1-2H3,(H,18,19). The Bertz CT molecular complexity index is 489. The van der Waals surface area contributed by atoms with Gasteiger partial charge in [0.2, 0.25) is 0 Å². The summed E-state index contributed by atoms with van der Waals surface area (Å²) < 4.78 is 10.8. The molecule has 0 aromatic heterocycles. The van der Waals surface area contributed by atoms with Gasteiger partial charge in [-0.15, -0.1) is 0 Å². The summed E-state index contributed by atoms with van der Waals surface area (Å²) in [6.07, 6.45) is 2.10. The van der Waals surface area contributed by atoms with E-state index in [0.717, 1.165) is 49.5 Å². The Morgan fingerprint density at radius 2 is 2.19 bits per heavy atom. The first kappa shape index (κ1) is 15.6. The van der Waals surface area contributed by atoms with E-state index in [9.17, 15) is 4.79 Å². The van der Waals surface area contributed by atoms with Crippen molar-refractivity contribution in [2.24, 2.45) is 5.92 Å². The van der Waals surface area contributed by atoms with E-state index in [4.69, 9.17) is 14.6 Å². The zero-order valence-electron chi connectivity index (χ0n) is 12.7. The van der Waals surface area contributed by atoms with Gasteiger partial charge in [-0.25, -0.2) is 0 Å². The summed E-state index contributed by atoms with van der Waals surface area (Å²) in [5.41, 5.74) is 1.11. The molecule has 0 saturated carbocycles. The van der Waals surface area contributed by atoms with Crippen molar-refractivity contribution in [3.63, 3.8) is 0 Å². The molecule has 1 aromatic rings. The van der Waals surface area contributed by atoms with Crippen LogP contribution in [0.5, 0.6) is 11.5 Å². The first-order valence-corrected chi connectivity index (χ1v) is 7.28. The summed E-state index contributed by atoms with van der Waals surface area (Å²) >= 11 is 0. The van der Waals surface area contributed by atoms with Crippen LogP contribution in [0.2, 0.25) is 0 Å². The first-order chi connectivity index (χ1) is 10.1. The van der Waals surface area contributed by atoms with Gasteiger partial charge in [0, 0.05) is 25.1 Å². The van der Waals surface area contributed by atoms with E-state index in [-0.39, 0.29) is 6.42 Å². The number of carboxylic acid groups (broad SMARTS) is 1. The Labute approximate surface area is 125 Å². The van der Waals surface area contributed by atoms with Crippen LogP contribution in [0.3, 0.4) is 0 Å². The van der Waals surface area contributed by atoms with E-state index in [1.165, 1.54) is 0 Å². The number of benzene rings is 1. The third-order valence-electron chi connectivity index (χ3n) is 4.01. The van der Waals surface area contributed by atoms with Crippen LogP contribution in [0.4, 0.5) is 0 Å². The molecule has 1 atom stereocenters. The number of carbonyl (C=O) groups is 1. The lowest BCUT2D eigenvalue weighted by atomic mass is 10.0. The van der Waals surface area contributed by atoms with Gasteiger partial charge in [0.15, 0.2) is 11.5 Å². The third kappa shape index (κ3) is 4.11. The molecule has 0 aliphatic carbocycles. The van der Waals surface area contributed by atoms with Gasteiger partial charge < -0.3 is 14.6 Å². The average molecular weight is 293 g/mol. The summed E-state index contributed by atoms with van der Waals surface area (Å²) in [6.45, 7) is 2.77. The zero-order valence-corrected chi connectivity index (χ0v) is 12.7. The van der Waals surface area contributed by atoms with Crippen LogP contribution in [0.25, 0.3) is 0 Å². The van der Waals surface area contributed by atoms with E-state index in [1.807, 2.05) is 18.2 Å². The molecule has 1 heterocycles. The van der Waals surface area contributed by atoms with Crippen molar-refractivity contribution in [1.29, 1.82) is 0 Å². The Hall–Kier alpha value is -1.75. The van der Waals surface area contributed by atoms with E-state index >= 15 is 0 Å². The minimum absolute atomic E-state index is 0.265. The van der Waals surface area contributed by atoms with E-state index in [2.05, 4.69) is 4.90 Å². The molecule has 1 aliphatic rings. The van der Waals surface area contributed by atoms with Crippen LogP contribution in [0, 0.1) is 5.92 Å². The molecule has 0 radical (unpaired) electrons. The molecule has 21 heavy (non-hydrogen) atoms. The Morgan fingerprint density at radius 3 is 2.86 bits per heavy atom. The van der Waals surface area contributed by atoms with Crippen molar-refractivity contribution in [3.05, 3.63) is 23.8 Å². The smallest absolute Gasteiger partial charge is 0.303 e. The second-order valence-electron chi connectivity index (χ2n) is 5.47. The van der Waals surface area contributed by atoms with Gasteiger partial charge in [-0.2, -0.15) is 0 Å². The molecule has 1 fully saturated rings. The lowest BCUT2D eigenvalue weighted by molar-refractivity contribution is -0.137. The molecule has 0 amide bonds. The number of para-hydroxylation sites is 1. The van der Waals surface area contributed by atoms with Gasteiger partial charge in [0.1, 0.15) is 0 Å². The van der Waals surface area contributed by atoms with Gasteiger partial charge in [0.05, 0.1) is 14.2 Å². The summed E-state index contributed by atoms with van der Waals surface area (Å²) in [7, 11) is 3.29. The van der Waals surface area contributed by atoms with Crippen molar-refractivity contribution in [1.82, 2.24) is 4.90 Å². The molecule has 1 aliphatic heterocycles. The number of ether oxygens (including phenoxy) is 2. The molecule has 116 valence electrons. The van der Waals surface area contributed by atoms with Crippen LogP contribution in [0.1, 0.15) is 24.8 Å². The number of aliphatic carboxylic acids is 1. The summed E-state index contributed by atoms with van der Waals surface area (Å²) in [4.78, 5) is 13.0. The van der Waals surface area contributed by atoms with Gasteiger partial charge in [-0.3, -0.25) is 9.69 Å². The number of hydrogen-bond donors (Lipinski definition) is 1. The fraction of sp³-hybridized carbons (Fsp3) is 0.562. The average Bonchev–Trinajstić information content (AvgIpc) is 2.92. The predicted molar refractivity (Wildman–Crippen MR) is 79.8 cm³/mol. The molecular weight excluding hydrogens is 270 g/mol. The lowest BCUT2D eigenvalue weighted by Gasteiger charge is -2.19. The van der Waals surface area contributed by atoms with Gasteiger partial charge in [0.25, 0.3) is 0 Å². The van der Waals surface area contributed by atoms with Crippen molar-refractivity contribution >= 4 is 5.97 Å². The van der Waals surface area contributed by atoms with Crippen LogP contribution in [-0.2, 0) is 11.3 Å². The molecule has 1 N–H and O–H groups in total. The van der Waals surface area contributed by atoms with Gasteiger partial charge in [-0.1, -0.05) is 12.1 Å². The number of carboxylic acids is 1. The molecule has 1 saturated heterocycles. The summed E-state index contributed by atoms with van der Waals surface area (Å²) in [5.74, 6) is 1.31. The Balaban J connectivity index is 1.95. The van der Waals surface area contributed by atoms with E-state index < -0.39 is 5.97 Å². The largest absolute Gasteiger partial charge is 0.493 e. The van der Waals surface area contributed by atoms with Crippen molar-refractivity contribution in [2.75, 3.05) is 27.3 Å². The fourth-order valence-electron chi connectivity index (χ4n) is 2.94. The molecule has 5 heteroatoms. The molecule has 5 nitrogen and oxygen atoms in total. The highest BCUT2D eigenvalue weighted by Crippen LogP contribution is 2.32. The van der Waals surface area contributed by atoms with E-state index in [1.54, 1.807) is 14.2 Å². The number of hydrogen-bond acceptors (Lipinski definition) is 4. The van der Waals surface area contributed by atoms with Crippen LogP contribution in [0.15, 0.2) is 18.2 Å². The monoisotopic (exact) mass is 293 g/mol. The summed E-state index contributed by atoms with van der Waals surface area (Å²) in [6, 6.07) is 5.91. The second-order valence-corrected chi connectivity index (χ2v) is 5.47. The molecule has 2 rings (SSSR count). The van der Waals surface area contributed by atoms with Crippen LogP contribution >= 0.6 is 0 Å². The molecular formula is C16H23NO4. The van der Waals surface area contributed by atoms with Gasteiger partial charge in [-0.05, 0) is 31.4 Å². The minimum Gasteiger partial charge on any atom is -0.493 e. The summed E-state index contributed by atoms with van der Waals surface area (Å²) in [5, 5.41) is 8.76. The molecule has 0 bridgehead atoms. The fourth-order valence-corrected chi connectivity index (χ4v) is 2.94. The maximum atomic E-state index is 10.6. The van der Waals surface area contributed by atoms with Crippen LogP contribution < -0.4 is 9.47 Å². The number of nitrogens with zero attached hydrogens (tertiary/aromatic N) is 1. The Morgan fingerprint density at radius 1 is 1.38 bits per heavy atom. The first-order valence-electron chi connectivity index (χ1n) is 7.28. The number of rotatable bonds is 7. The SMILES string of the molecule is COc1cccc(CN2CCC(CCC(=O)O)C2)c1OC. The molecule has 1 unspecified atom stereocenters. The van der Waals surface area contributed by atoms with Crippen molar-refractivity contribution in [2.45, 2.75) is 25.8 Å². The topological polar surface area (TPSA) is 59.0 Å². The van der Waals surface area contributed by atoms with Gasteiger partial charge >= 0.3 is 5.97 Å². The normalized spacial score (nSPS) is 18.7. The lowest BCUT2D eigenvalue weighted by Crippen LogP contribution is -2.20. The zero-order chi connectivity index (χ0) is 15.2. The maximum Gasteiger partial charge on any atom is 0.303 e. The number of likely N-dealkylation sites (tertiary alicyclic amines) is 1. The predicted octanol–water partition coefficient (Wildman–Crippen LogP) is 2.39. The van der Waals surface area contributed by atoms with Crippen molar-refractivity contribution in [3.8, 4) is 11.5 Å². The molecule has 0 spiro atoms. The maximum absolute atomic E-state index is 10.6. The highest BCUT2D eigenvalue weighted by molar-refractivity contribution is 5.66. The second kappa shape index (κ2) is 7.31. The highest BCUT2D eigenvalue weighted by atomic mass is 16.5. The minimum atomic E-state index is -0.706. The Kier molecular flexibility index (Phi) is 5.44. The number of methoxy groups -OCH3 is 2.